The van der Waals surface area contributed by atoms with Gasteiger partial charge in [-0.3, -0.25) is 9.59 Å². The van der Waals surface area contributed by atoms with Crippen molar-refractivity contribution >= 4 is 23.9 Å². The number of allylic oxidation sites excluding steroid dienone is 1. The lowest BCUT2D eigenvalue weighted by atomic mass is 9.93. The van der Waals surface area contributed by atoms with E-state index in [1.807, 2.05) is 30.3 Å². The molecule has 0 unspecified atom stereocenters. The molecule has 214 valence electrons. The zero-order chi connectivity index (χ0) is 27.9. The Hall–Kier alpha value is -3.44. The molecular weight excluding hydrogens is 506 g/mol. The van der Waals surface area contributed by atoms with E-state index in [4.69, 9.17) is 19.3 Å². The van der Waals surface area contributed by atoms with Gasteiger partial charge >= 0.3 is 12.1 Å². The molecule has 3 rings (SSSR count). The molecule has 0 saturated heterocycles. The van der Waals surface area contributed by atoms with E-state index in [1.165, 1.54) is 0 Å². The Morgan fingerprint density at radius 3 is 2.56 bits per heavy atom. The second-order valence-corrected chi connectivity index (χ2v) is 9.87. The van der Waals surface area contributed by atoms with Gasteiger partial charge in [-0.15, -0.1) is 0 Å². The van der Waals surface area contributed by atoms with Crippen LogP contribution in [-0.2, 0) is 35.2 Å². The van der Waals surface area contributed by atoms with E-state index in [1.54, 1.807) is 12.2 Å². The van der Waals surface area contributed by atoms with Crippen molar-refractivity contribution in [3.8, 4) is 0 Å². The summed E-state index contributed by atoms with van der Waals surface area (Å²) in [5, 5.41) is 17.2. The number of carbonyl (C=O) groups is 4. The molecule has 0 radical (unpaired) electrons. The molecule has 1 aromatic rings. The van der Waals surface area contributed by atoms with Gasteiger partial charge in [0, 0.05) is 13.0 Å². The molecule has 2 atom stereocenters. The first-order valence-electron chi connectivity index (χ1n) is 13.5. The summed E-state index contributed by atoms with van der Waals surface area (Å²) in [5.74, 6) is -1.76. The van der Waals surface area contributed by atoms with Gasteiger partial charge in [-0.2, -0.15) is 0 Å². The fraction of sp³-hybridized carbons (Fsp3) is 0.571. The molecule has 3 amide bonds. The van der Waals surface area contributed by atoms with E-state index in [9.17, 15) is 19.2 Å². The van der Waals surface area contributed by atoms with Gasteiger partial charge in [0.2, 0.25) is 11.8 Å². The Labute approximate surface area is 228 Å². The second-order valence-electron chi connectivity index (χ2n) is 9.87. The van der Waals surface area contributed by atoms with Crippen LogP contribution in [0.15, 0.2) is 42.5 Å². The SMILES string of the molecule is O=C(C[C@H]1CC=CC[C@@H](NC(=O)OCc2ccccc2)C(=O)OCC2(CCCC2)NC1=O)NCCOCCO. The van der Waals surface area contributed by atoms with Crippen molar-refractivity contribution < 1.29 is 38.5 Å². The van der Waals surface area contributed by atoms with Crippen molar-refractivity contribution in [3.63, 3.8) is 0 Å². The molecule has 11 heteroatoms. The first-order chi connectivity index (χ1) is 18.9. The molecule has 1 fully saturated rings. The molecule has 11 nitrogen and oxygen atoms in total. The summed E-state index contributed by atoms with van der Waals surface area (Å²) >= 11 is 0. The summed E-state index contributed by atoms with van der Waals surface area (Å²) < 4.78 is 16.0. The van der Waals surface area contributed by atoms with Crippen LogP contribution >= 0.6 is 0 Å². The quantitative estimate of drug-likeness (QED) is 0.197. The molecule has 1 heterocycles. The molecule has 0 bridgehead atoms. The average Bonchev–Trinajstić information content (AvgIpc) is 3.39. The summed E-state index contributed by atoms with van der Waals surface area (Å²) in [6, 6.07) is 8.25. The monoisotopic (exact) mass is 545 g/mol. The number of esters is 1. The van der Waals surface area contributed by atoms with Crippen LogP contribution < -0.4 is 16.0 Å². The number of ether oxygens (including phenoxy) is 3. The summed E-state index contributed by atoms with van der Waals surface area (Å²) in [6.45, 7) is 0.691. The number of nitrogens with one attached hydrogen (secondary N) is 3. The van der Waals surface area contributed by atoms with Gasteiger partial charge in [0.15, 0.2) is 0 Å². The molecular formula is C28H39N3O8. The highest BCUT2D eigenvalue weighted by molar-refractivity contribution is 5.86. The Kier molecular flexibility index (Phi) is 12.2. The highest BCUT2D eigenvalue weighted by Gasteiger charge is 2.39. The van der Waals surface area contributed by atoms with Crippen molar-refractivity contribution in [2.75, 3.05) is 33.0 Å². The Balaban J connectivity index is 1.63. The summed E-state index contributed by atoms with van der Waals surface area (Å²) in [5.41, 5.74) is 0.112. The minimum Gasteiger partial charge on any atom is -0.462 e. The van der Waals surface area contributed by atoms with Crippen LogP contribution in [0.1, 0.15) is 50.5 Å². The third kappa shape index (κ3) is 10.3. The molecule has 39 heavy (non-hydrogen) atoms. The van der Waals surface area contributed by atoms with Gasteiger partial charge in [-0.05, 0) is 31.2 Å². The third-order valence-corrected chi connectivity index (χ3v) is 6.79. The highest BCUT2D eigenvalue weighted by Crippen LogP contribution is 2.31. The molecule has 1 saturated carbocycles. The van der Waals surface area contributed by atoms with Crippen LogP contribution in [0.25, 0.3) is 0 Å². The normalized spacial score (nSPS) is 21.3. The van der Waals surface area contributed by atoms with Crippen molar-refractivity contribution in [2.45, 2.75) is 63.1 Å². The van der Waals surface area contributed by atoms with Gasteiger partial charge in [0.1, 0.15) is 19.3 Å². The minimum atomic E-state index is -0.959. The second kappa shape index (κ2) is 15.8. The van der Waals surface area contributed by atoms with E-state index >= 15 is 0 Å². The standard InChI is InChI=1S/C28H39N3O8/c32-15-17-37-16-14-29-24(33)18-22-10-4-5-11-23(30-27(36)38-19-21-8-2-1-3-9-21)26(35)39-20-28(31-25(22)34)12-6-7-13-28/h1-5,8-9,22-23,32H,6-7,10-20H2,(H,29,33)(H,30,36)(H,31,34)/t22-,23-/m1/s1. The maximum atomic E-state index is 13.2. The molecule has 1 spiro atoms. The fourth-order valence-electron chi connectivity index (χ4n) is 4.65. The zero-order valence-electron chi connectivity index (χ0n) is 22.2. The van der Waals surface area contributed by atoms with Crippen molar-refractivity contribution in [2.24, 2.45) is 5.92 Å². The number of rotatable bonds is 10. The van der Waals surface area contributed by atoms with E-state index < -0.39 is 29.6 Å². The number of hydrogen-bond donors (Lipinski definition) is 4. The van der Waals surface area contributed by atoms with Gasteiger partial charge in [-0.1, -0.05) is 55.3 Å². The Bertz CT molecular complexity index is 978. The number of benzene rings is 1. The minimum absolute atomic E-state index is 0.0142. The van der Waals surface area contributed by atoms with Crippen LogP contribution in [0.3, 0.4) is 0 Å². The predicted molar refractivity (Wildman–Crippen MR) is 141 cm³/mol. The van der Waals surface area contributed by atoms with Crippen LogP contribution in [0.2, 0.25) is 0 Å². The van der Waals surface area contributed by atoms with E-state index in [2.05, 4.69) is 16.0 Å². The Morgan fingerprint density at radius 2 is 1.82 bits per heavy atom. The average molecular weight is 546 g/mol. The largest absolute Gasteiger partial charge is 0.462 e. The maximum absolute atomic E-state index is 13.2. The van der Waals surface area contributed by atoms with E-state index in [-0.39, 0.29) is 70.7 Å². The summed E-state index contributed by atoms with van der Waals surface area (Å²) in [6.07, 6.45) is 6.18. The first kappa shape index (κ1) is 30.1. The van der Waals surface area contributed by atoms with Crippen LogP contribution in [0.5, 0.6) is 0 Å². The van der Waals surface area contributed by atoms with Crippen LogP contribution in [0, 0.1) is 5.92 Å². The lowest BCUT2D eigenvalue weighted by Crippen LogP contribution is -2.53. The number of hydrogen-bond acceptors (Lipinski definition) is 8. The van der Waals surface area contributed by atoms with Crippen LogP contribution in [0.4, 0.5) is 4.79 Å². The molecule has 1 aliphatic carbocycles. The predicted octanol–water partition coefficient (Wildman–Crippen LogP) is 1.74. The number of cyclic esters (lactones) is 1. The molecule has 2 aliphatic rings. The molecule has 1 aromatic carbocycles. The molecule has 0 aromatic heterocycles. The lowest BCUT2D eigenvalue weighted by Gasteiger charge is -2.32. The fourth-order valence-corrected chi connectivity index (χ4v) is 4.65. The number of carbonyl (C=O) groups excluding carboxylic acids is 4. The van der Waals surface area contributed by atoms with Crippen molar-refractivity contribution in [3.05, 3.63) is 48.0 Å². The highest BCUT2D eigenvalue weighted by atomic mass is 16.6. The number of aliphatic hydroxyl groups is 1. The van der Waals surface area contributed by atoms with E-state index in [0.717, 1.165) is 18.4 Å². The molecule has 4 N–H and O–H groups in total. The summed E-state index contributed by atoms with van der Waals surface area (Å²) in [7, 11) is 0. The third-order valence-electron chi connectivity index (χ3n) is 6.79. The van der Waals surface area contributed by atoms with Crippen molar-refractivity contribution in [1.29, 1.82) is 0 Å². The topological polar surface area (TPSA) is 152 Å². The van der Waals surface area contributed by atoms with Crippen LogP contribution in [-0.4, -0.2) is 73.5 Å². The van der Waals surface area contributed by atoms with Gasteiger partial charge in [0.05, 0.1) is 31.3 Å². The number of aliphatic hydroxyl groups excluding tert-OH is 1. The van der Waals surface area contributed by atoms with Gasteiger partial charge in [0.25, 0.3) is 0 Å². The maximum Gasteiger partial charge on any atom is 0.408 e. The Morgan fingerprint density at radius 1 is 1.08 bits per heavy atom. The van der Waals surface area contributed by atoms with Gasteiger partial charge in [-0.25, -0.2) is 9.59 Å². The summed E-state index contributed by atoms with van der Waals surface area (Å²) in [4.78, 5) is 51.1. The van der Waals surface area contributed by atoms with E-state index in [0.29, 0.717) is 12.8 Å². The first-order valence-corrected chi connectivity index (χ1v) is 13.5. The lowest BCUT2D eigenvalue weighted by molar-refractivity contribution is -0.149. The molecule has 1 aliphatic heterocycles. The van der Waals surface area contributed by atoms with Crippen molar-refractivity contribution in [1.82, 2.24) is 16.0 Å². The smallest absolute Gasteiger partial charge is 0.408 e. The number of alkyl carbamates (subject to hydrolysis) is 1. The van der Waals surface area contributed by atoms with Gasteiger partial charge < -0.3 is 35.3 Å². The zero-order valence-corrected chi connectivity index (χ0v) is 22.2. The number of amides is 3.